The van der Waals surface area contributed by atoms with Crippen LogP contribution in [-0.4, -0.2) is 11.8 Å². The summed E-state index contributed by atoms with van der Waals surface area (Å²) in [7, 11) is 0. The standard InChI is InChI=1S/C9H8BrNO2/c1-9(2)4-5(10)3-6-7(9)11-8(12)13-6/h3-4H,1-2H3. The first kappa shape index (κ1) is 8.69. The molecule has 0 aromatic carbocycles. The lowest BCUT2D eigenvalue weighted by Crippen LogP contribution is -2.24. The van der Waals surface area contributed by atoms with Gasteiger partial charge in [-0.2, -0.15) is 4.99 Å². The maximum atomic E-state index is 10.9. The van der Waals surface area contributed by atoms with E-state index in [0.717, 1.165) is 4.48 Å². The Hall–Kier alpha value is -0.900. The molecule has 0 atom stereocenters. The fraction of sp³-hybridized carbons (Fsp3) is 0.333. The summed E-state index contributed by atoms with van der Waals surface area (Å²) in [4.78, 5) is 14.7. The topological polar surface area (TPSA) is 38.7 Å². The minimum Gasteiger partial charge on any atom is -0.407 e. The van der Waals surface area contributed by atoms with Crippen LogP contribution in [0, 0.1) is 5.41 Å². The molecule has 3 nitrogen and oxygen atoms in total. The fourth-order valence-corrected chi connectivity index (χ4v) is 2.23. The van der Waals surface area contributed by atoms with Gasteiger partial charge in [-0.15, -0.1) is 0 Å². The number of nitrogens with zero attached hydrogens (tertiary/aromatic N) is 1. The second kappa shape index (κ2) is 2.54. The van der Waals surface area contributed by atoms with Crippen molar-refractivity contribution in [2.24, 2.45) is 10.4 Å². The summed E-state index contributed by atoms with van der Waals surface area (Å²) in [6, 6.07) is 0. The van der Waals surface area contributed by atoms with Gasteiger partial charge in [-0.1, -0.05) is 35.9 Å². The molecule has 0 unspecified atom stereocenters. The second-order valence-corrected chi connectivity index (χ2v) is 4.50. The lowest BCUT2D eigenvalue weighted by Gasteiger charge is -2.23. The van der Waals surface area contributed by atoms with E-state index in [2.05, 4.69) is 20.9 Å². The van der Waals surface area contributed by atoms with E-state index in [1.165, 1.54) is 0 Å². The predicted molar refractivity (Wildman–Crippen MR) is 52.8 cm³/mol. The number of fused-ring (bicyclic) bond motifs is 1. The number of carbonyl (C=O) groups is 1. The first-order valence-corrected chi connectivity index (χ1v) is 4.70. The van der Waals surface area contributed by atoms with Crippen LogP contribution >= 0.6 is 15.9 Å². The lowest BCUT2D eigenvalue weighted by atomic mass is 9.83. The van der Waals surface area contributed by atoms with E-state index in [-0.39, 0.29) is 5.41 Å². The van der Waals surface area contributed by atoms with E-state index in [1.54, 1.807) is 6.08 Å². The monoisotopic (exact) mass is 241 g/mol. The molecule has 0 spiro atoms. The molecular weight excluding hydrogens is 234 g/mol. The Morgan fingerprint density at radius 2 is 2.23 bits per heavy atom. The van der Waals surface area contributed by atoms with Crippen molar-refractivity contribution in [1.29, 1.82) is 0 Å². The molecule has 1 heterocycles. The van der Waals surface area contributed by atoms with Crippen molar-refractivity contribution in [2.75, 3.05) is 0 Å². The summed E-state index contributed by atoms with van der Waals surface area (Å²) in [5, 5.41) is 0. The number of hydrogen-bond donors (Lipinski definition) is 0. The number of aliphatic imine (C=N–C) groups is 1. The Kier molecular flexibility index (Phi) is 1.70. The maximum absolute atomic E-state index is 10.9. The average Bonchev–Trinajstić information content (AvgIpc) is 2.28. The summed E-state index contributed by atoms with van der Waals surface area (Å²) in [6.07, 6.45) is 3.23. The predicted octanol–water partition coefficient (Wildman–Crippen LogP) is 2.78. The van der Waals surface area contributed by atoms with Gasteiger partial charge in [-0.25, -0.2) is 4.79 Å². The summed E-state index contributed by atoms with van der Waals surface area (Å²) < 4.78 is 5.84. The van der Waals surface area contributed by atoms with Crippen molar-refractivity contribution in [1.82, 2.24) is 0 Å². The Labute approximate surface area is 84.3 Å². The summed E-state index contributed by atoms with van der Waals surface area (Å²) >= 11 is 3.36. The molecule has 4 heteroatoms. The minimum atomic E-state index is -0.523. The molecule has 2 aliphatic rings. The first-order valence-electron chi connectivity index (χ1n) is 3.90. The molecule has 1 aliphatic carbocycles. The summed E-state index contributed by atoms with van der Waals surface area (Å²) in [5.41, 5.74) is 0.468. The molecule has 1 aliphatic heterocycles. The van der Waals surface area contributed by atoms with E-state index >= 15 is 0 Å². The zero-order valence-corrected chi connectivity index (χ0v) is 8.88. The number of halogens is 1. The fourth-order valence-electron chi connectivity index (χ4n) is 1.45. The number of amides is 1. The molecule has 1 amide bonds. The van der Waals surface area contributed by atoms with Gasteiger partial charge in [0.1, 0.15) is 5.71 Å². The third-order valence-corrected chi connectivity index (χ3v) is 2.47. The van der Waals surface area contributed by atoms with Gasteiger partial charge in [0.2, 0.25) is 0 Å². The normalized spacial score (nSPS) is 24.2. The van der Waals surface area contributed by atoms with Crippen LogP contribution in [0.15, 0.2) is 27.4 Å². The highest BCUT2D eigenvalue weighted by atomic mass is 79.9. The highest BCUT2D eigenvalue weighted by Gasteiger charge is 2.36. The molecule has 0 aromatic heterocycles. The van der Waals surface area contributed by atoms with Crippen LogP contribution in [0.4, 0.5) is 4.79 Å². The number of rotatable bonds is 0. The van der Waals surface area contributed by atoms with Crippen LogP contribution in [0.2, 0.25) is 0 Å². The van der Waals surface area contributed by atoms with Gasteiger partial charge < -0.3 is 4.74 Å². The van der Waals surface area contributed by atoms with E-state index in [1.807, 2.05) is 19.9 Å². The van der Waals surface area contributed by atoms with Crippen LogP contribution in [0.5, 0.6) is 0 Å². The number of hydrogen-bond acceptors (Lipinski definition) is 2. The van der Waals surface area contributed by atoms with Crippen molar-refractivity contribution in [3.63, 3.8) is 0 Å². The zero-order valence-electron chi connectivity index (χ0n) is 7.30. The Balaban J connectivity index is 2.54. The Bertz CT molecular complexity index is 377. The molecule has 0 fully saturated rings. The van der Waals surface area contributed by atoms with Crippen LogP contribution in [0.1, 0.15) is 13.8 Å². The maximum Gasteiger partial charge on any atom is 0.439 e. The van der Waals surface area contributed by atoms with Crippen LogP contribution in [0.3, 0.4) is 0 Å². The van der Waals surface area contributed by atoms with E-state index in [0.29, 0.717) is 11.5 Å². The molecule has 0 saturated carbocycles. The van der Waals surface area contributed by atoms with Crippen molar-refractivity contribution >= 4 is 27.7 Å². The van der Waals surface area contributed by atoms with Gasteiger partial charge in [0.15, 0.2) is 5.76 Å². The second-order valence-electron chi connectivity index (χ2n) is 3.59. The Morgan fingerprint density at radius 3 is 2.92 bits per heavy atom. The highest BCUT2D eigenvalue weighted by Crippen LogP contribution is 2.36. The van der Waals surface area contributed by atoms with Gasteiger partial charge in [-0.3, -0.25) is 0 Å². The molecule has 0 saturated heterocycles. The molecule has 0 radical (unpaired) electrons. The smallest absolute Gasteiger partial charge is 0.407 e. The number of ether oxygens (including phenoxy) is 1. The van der Waals surface area contributed by atoms with E-state index in [9.17, 15) is 4.79 Å². The lowest BCUT2D eigenvalue weighted by molar-refractivity contribution is 0.197. The highest BCUT2D eigenvalue weighted by molar-refractivity contribution is 9.11. The molecule has 68 valence electrons. The quantitative estimate of drug-likeness (QED) is 0.655. The largest absolute Gasteiger partial charge is 0.439 e. The first-order chi connectivity index (χ1) is 5.99. The number of allylic oxidation sites excluding steroid dienone is 4. The van der Waals surface area contributed by atoms with Gasteiger partial charge in [0, 0.05) is 9.90 Å². The van der Waals surface area contributed by atoms with Crippen molar-refractivity contribution in [2.45, 2.75) is 13.8 Å². The average molecular weight is 242 g/mol. The minimum absolute atomic E-state index is 0.241. The SMILES string of the molecule is CC1(C)C=C(Br)C=C2OC(=O)N=C21. The summed E-state index contributed by atoms with van der Waals surface area (Å²) in [6.45, 7) is 3.98. The molecule has 2 rings (SSSR count). The molecular formula is C9H8BrNO2. The molecule has 0 bridgehead atoms. The van der Waals surface area contributed by atoms with Crippen molar-refractivity contribution in [3.8, 4) is 0 Å². The molecule has 0 aromatic rings. The van der Waals surface area contributed by atoms with Crippen LogP contribution < -0.4 is 0 Å². The van der Waals surface area contributed by atoms with Gasteiger partial charge in [0.05, 0.1) is 0 Å². The van der Waals surface area contributed by atoms with Gasteiger partial charge in [0.25, 0.3) is 0 Å². The Morgan fingerprint density at radius 1 is 1.54 bits per heavy atom. The van der Waals surface area contributed by atoms with E-state index in [4.69, 9.17) is 4.74 Å². The van der Waals surface area contributed by atoms with Crippen molar-refractivity contribution < 1.29 is 9.53 Å². The van der Waals surface area contributed by atoms with Crippen LogP contribution in [-0.2, 0) is 4.74 Å². The third kappa shape index (κ3) is 1.35. The number of carbonyl (C=O) groups excluding carboxylic acids is 1. The zero-order chi connectivity index (χ0) is 9.64. The van der Waals surface area contributed by atoms with Crippen molar-refractivity contribution in [3.05, 3.63) is 22.4 Å². The molecule has 13 heavy (non-hydrogen) atoms. The van der Waals surface area contributed by atoms with Gasteiger partial charge in [-0.05, 0) is 6.08 Å². The summed E-state index contributed by atoms with van der Waals surface area (Å²) in [5.74, 6) is 0.560. The van der Waals surface area contributed by atoms with Crippen LogP contribution in [0.25, 0.3) is 0 Å². The van der Waals surface area contributed by atoms with Gasteiger partial charge >= 0.3 is 6.09 Å². The molecule has 0 N–H and O–H groups in total. The third-order valence-electron chi connectivity index (χ3n) is 2.01. The van der Waals surface area contributed by atoms with E-state index < -0.39 is 6.09 Å².